The van der Waals surface area contributed by atoms with E-state index in [-0.39, 0.29) is 12.1 Å². The van der Waals surface area contributed by atoms with Crippen LogP contribution in [-0.2, 0) is 27.9 Å². The third kappa shape index (κ3) is 4.02. The third-order valence-electron chi connectivity index (χ3n) is 4.28. The molecule has 1 amide bonds. The fourth-order valence-electron chi connectivity index (χ4n) is 2.93. The number of ether oxygens (including phenoxy) is 1. The van der Waals surface area contributed by atoms with Crippen LogP contribution >= 0.6 is 22.7 Å². The summed E-state index contributed by atoms with van der Waals surface area (Å²) < 4.78 is 7.72. The second-order valence-electron chi connectivity index (χ2n) is 6.49. The highest BCUT2D eigenvalue weighted by atomic mass is 32.1. The number of nitrogens with zero attached hydrogens (tertiary/aromatic N) is 4. The Kier molecular flexibility index (Phi) is 5.46. The first-order chi connectivity index (χ1) is 14.4. The first-order valence-electron chi connectivity index (χ1n) is 8.89. The van der Waals surface area contributed by atoms with Crippen LogP contribution in [0.2, 0.25) is 0 Å². The molecule has 4 rings (SSSR count). The lowest BCUT2D eigenvalue weighted by Gasteiger charge is -2.08. The van der Waals surface area contributed by atoms with Gasteiger partial charge in [-0.25, -0.2) is 4.98 Å². The molecule has 0 radical (unpaired) electrons. The van der Waals surface area contributed by atoms with Gasteiger partial charge >= 0.3 is 5.97 Å². The summed E-state index contributed by atoms with van der Waals surface area (Å²) in [6.45, 7) is 1.00. The third-order valence-corrected chi connectivity index (χ3v) is 6.07. The van der Waals surface area contributed by atoms with Gasteiger partial charge in [0.15, 0.2) is 6.61 Å². The van der Waals surface area contributed by atoms with Gasteiger partial charge in [0.05, 0.1) is 17.4 Å². The van der Waals surface area contributed by atoms with E-state index < -0.39 is 18.5 Å². The molecule has 0 aliphatic heterocycles. The predicted molar refractivity (Wildman–Crippen MR) is 115 cm³/mol. The fraction of sp³-hybridized carbons (Fsp3) is 0.211. The molecule has 0 saturated heterocycles. The average Bonchev–Trinajstić information content (AvgIpc) is 3.43. The smallest absolute Gasteiger partial charge is 0.326 e. The Balaban J connectivity index is 1.44. The summed E-state index contributed by atoms with van der Waals surface area (Å²) in [5.74, 6) is -0.703. The van der Waals surface area contributed by atoms with E-state index in [2.05, 4.69) is 15.4 Å². The Labute approximate surface area is 178 Å². The van der Waals surface area contributed by atoms with Gasteiger partial charge in [0.25, 0.3) is 11.5 Å². The van der Waals surface area contributed by atoms with Crippen molar-refractivity contribution in [2.24, 2.45) is 7.05 Å². The highest BCUT2D eigenvalue weighted by molar-refractivity contribution is 7.18. The zero-order valence-electron chi connectivity index (χ0n) is 16.1. The van der Waals surface area contributed by atoms with Crippen molar-refractivity contribution in [1.29, 1.82) is 0 Å². The molecule has 154 valence electrons. The molecule has 0 aliphatic rings. The number of esters is 1. The van der Waals surface area contributed by atoms with Crippen LogP contribution in [0.3, 0.4) is 0 Å². The van der Waals surface area contributed by atoms with Gasteiger partial charge < -0.3 is 10.1 Å². The van der Waals surface area contributed by atoms with Crippen LogP contribution in [0.5, 0.6) is 0 Å². The summed E-state index contributed by atoms with van der Waals surface area (Å²) in [7, 11) is 1.69. The predicted octanol–water partition coefficient (Wildman–Crippen LogP) is 2.41. The van der Waals surface area contributed by atoms with Gasteiger partial charge in [-0.1, -0.05) is 6.07 Å². The lowest BCUT2D eigenvalue weighted by atomic mass is 10.2. The summed E-state index contributed by atoms with van der Waals surface area (Å²) in [6, 6.07) is 5.54. The standard InChI is InChI=1S/C19H17N5O4S2/c1-11-6-14(23(2)22-11)21-15(25)8-28-16(26)7-24-10-20-18-17(19(24)27)12(9-30-18)13-4-3-5-29-13/h3-6,9-10H,7-8H2,1-2H3,(H,21,25). The second-order valence-corrected chi connectivity index (χ2v) is 8.29. The van der Waals surface area contributed by atoms with Gasteiger partial charge in [-0.2, -0.15) is 5.10 Å². The first-order valence-corrected chi connectivity index (χ1v) is 10.6. The Morgan fingerprint density at radius 3 is 2.83 bits per heavy atom. The Morgan fingerprint density at radius 2 is 2.13 bits per heavy atom. The van der Waals surface area contributed by atoms with Crippen LogP contribution in [0.15, 0.2) is 40.1 Å². The average molecular weight is 444 g/mol. The Hall–Kier alpha value is -3.31. The van der Waals surface area contributed by atoms with Crippen molar-refractivity contribution in [3.8, 4) is 10.4 Å². The second kappa shape index (κ2) is 8.20. The van der Waals surface area contributed by atoms with E-state index in [0.29, 0.717) is 16.0 Å². The summed E-state index contributed by atoms with van der Waals surface area (Å²) in [6.07, 6.45) is 1.32. The van der Waals surface area contributed by atoms with E-state index in [1.165, 1.54) is 38.2 Å². The van der Waals surface area contributed by atoms with E-state index in [0.717, 1.165) is 16.1 Å². The number of aryl methyl sites for hydroxylation is 2. The lowest BCUT2D eigenvalue weighted by Crippen LogP contribution is -2.28. The van der Waals surface area contributed by atoms with E-state index in [9.17, 15) is 14.4 Å². The van der Waals surface area contributed by atoms with Crippen LogP contribution in [0.25, 0.3) is 20.7 Å². The summed E-state index contributed by atoms with van der Waals surface area (Å²) in [5, 5.41) is 11.0. The molecular weight excluding hydrogens is 426 g/mol. The van der Waals surface area contributed by atoms with E-state index >= 15 is 0 Å². The minimum absolute atomic E-state index is 0.323. The molecule has 4 aromatic rings. The zero-order valence-corrected chi connectivity index (χ0v) is 17.7. The molecule has 4 heterocycles. The molecule has 0 aliphatic carbocycles. The van der Waals surface area contributed by atoms with Crippen molar-refractivity contribution in [2.75, 3.05) is 11.9 Å². The molecule has 0 aromatic carbocycles. The van der Waals surface area contributed by atoms with Gasteiger partial charge in [0.2, 0.25) is 0 Å². The van der Waals surface area contributed by atoms with Crippen molar-refractivity contribution in [3.05, 3.63) is 51.3 Å². The largest absolute Gasteiger partial charge is 0.454 e. The minimum atomic E-state index is -0.706. The number of aromatic nitrogens is 4. The van der Waals surface area contributed by atoms with Gasteiger partial charge in [0, 0.05) is 28.9 Å². The van der Waals surface area contributed by atoms with E-state index in [4.69, 9.17) is 4.74 Å². The van der Waals surface area contributed by atoms with Crippen LogP contribution in [0.1, 0.15) is 5.69 Å². The number of fused-ring (bicyclic) bond motifs is 1. The number of hydrogen-bond donors (Lipinski definition) is 1. The van der Waals surface area contributed by atoms with Gasteiger partial charge in [0.1, 0.15) is 17.2 Å². The highest BCUT2D eigenvalue weighted by Gasteiger charge is 2.16. The number of nitrogens with one attached hydrogen (secondary N) is 1. The molecule has 0 saturated carbocycles. The maximum Gasteiger partial charge on any atom is 0.326 e. The van der Waals surface area contributed by atoms with Crippen LogP contribution in [0, 0.1) is 6.92 Å². The summed E-state index contributed by atoms with van der Waals surface area (Å²) in [5.41, 5.74) is 1.23. The summed E-state index contributed by atoms with van der Waals surface area (Å²) >= 11 is 2.90. The van der Waals surface area contributed by atoms with Gasteiger partial charge in [-0.3, -0.25) is 23.6 Å². The molecule has 11 heteroatoms. The number of amides is 1. The Morgan fingerprint density at radius 1 is 1.30 bits per heavy atom. The van der Waals surface area contributed by atoms with Crippen LogP contribution in [0.4, 0.5) is 5.82 Å². The molecule has 0 unspecified atom stereocenters. The molecule has 0 bridgehead atoms. The topological polar surface area (TPSA) is 108 Å². The van der Waals surface area contributed by atoms with Crippen molar-refractivity contribution in [3.63, 3.8) is 0 Å². The minimum Gasteiger partial charge on any atom is -0.454 e. The highest BCUT2D eigenvalue weighted by Crippen LogP contribution is 2.33. The Bertz CT molecular complexity index is 1290. The summed E-state index contributed by atoms with van der Waals surface area (Å²) in [4.78, 5) is 42.9. The molecule has 4 aromatic heterocycles. The lowest BCUT2D eigenvalue weighted by molar-refractivity contribution is -0.147. The number of anilines is 1. The number of hydrogen-bond acceptors (Lipinski definition) is 8. The normalized spacial score (nSPS) is 11.0. The molecule has 0 fully saturated rings. The van der Waals surface area contributed by atoms with Crippen LogP contribution in [-0.4, -0.2) is 37.8 Å². The zero-order chi connectivity index (χ0) is 21.3. The maximum absolute atomic E-state index is 12.9. The van der Waals surface area contributed by atoms with Crippen molar-refractivity contribution in [2.45, 2.75) is 13.5 Å². The number of carbonyl (C=O) groups is 2. The first kappa shape index (κ1) is 20.0. The molecule has 0 spiro atoms. The van der Waals surface area contributed by atoms with Crippen LogP contribution < -0.4 is 10.9 Å². The number of carbonyl (C=O) groups excluding carboxylic acids is 2. The van der Waals surface area contributed by atoms with Crippen molar-refractivity contribution >= 4 is 50.6 Å². The van der Waals surface area contributed by atoms with E-state index in [1.54, 1.807) is 20.0 Å². The fourth-order valence-corrected chi connectivity index (χ4v) is 4.65. The molecule has 9 nitrogen and oxygen atoms in total. The maximum atomic E-state index is 12.9. The number of thiophene rings is 2. The molecule has 30 heavy (non-hydrogen) atoms. The monoisotopic (exact) mass is 443 g/mol. The molecule has 0 atom stereocenters. The van der Waals surface area contributed by atoms with Crippen molar-refractivity contribution in [1.82, 2.24) is 19.3 Å². The SMILES string of the molecule is Cc1cc(NC(=O)COC(=O)Cn2cnc3scc(-c4cccs4)c3c2=O)n(C)n1. The molecular formula is C19H17N5O4S2. The number of rotatable bonds is 6. The van der Waals surface area contributed by atoms with Gasteiger partial charge in [-0.15, -0.1) is 22.7 Å². The van der Waals surface area contributed by atoms with E-state index in [1.807, 2.05) is 22.9 Å². The van der Waals surface area contributed by atoms with Gasteiger partial charge in [-0.05, 0) is 18.4 Å². The quantitative estimate of drug-likeness (QED) is 0.459. The molecule has 1 N–H and O–H groups in total. The van der Waals surface area contributed by atoms with Crippen molar-refractivity contribution < 1.29 is 14.3 Å².